The van der Waals surface area contributed by atoms with E-state index in [4.69, 9.17) is 4.74 Å². The Labute approximate surface area is 108 Å². The highest BCUT2D eigenvalue weighted by molar-refractivity contribution is 9.09. The molecule has 1 aliphatic rings. The molecule has 1 heterocycles. The summed E-state index contributed by atoms with van der Waals surface area (Å²) < 4.78 is 32.4. The SMILES string of the molecule is CC1OCCC1(CBr)Cc1cccc(F)c1F. The minimum Gasteiger partial charge on any atom is -0.378 e. The third kappa shape index (κ3) is 2.38. The van der Waals surface area contributed by atoms with Gasteiger partial charge in [0.1, 0.15) is 0 Å². The highest BCUT2D eigenvalue weighted by atomic mass is 79.9. The van der Waals surface area contributed by atoms with Crippen molar-refractivity contribution < 1.29 is 13.5 Å². The molecule has 1 fully saturated rings. The molecule has 1 nitrogen and oxygen atoms in total. The lowest BCUT2D eigenvalue weighted by Gasteiger charge is -2.30. The molecule has 0 aromatic heterocycles. The van der Waals surface area contributed by atoms with Crippen LogP contribution in [0.1, 0.15) is 18.9 Å². The summed E-state index contributed by atoms with van der Waals surface area (Å²) in [6, 6.07) is 4.35. The van der Waals surface area contributed by atoms with Gasteiger partial charge in [-0.05, 0) is 31.4 Å². The van der Waals surface area contributed by atoms with Crippen molar-refractivity contribution in [2.45, 2.75) is 25.9 Å². The van der Waals surface area contributed by atoms with Crippen LogP contribution in [0.15, 0.2) is 18.2 Å². The van der Waals surface area contributed by atoms with Gasteiger partial charge in [0, 0.05) is 17.4 Å². The topological polar surface area (TPSA) is 9.23 Å². The van der Waals surface area contributed by atoms with Crippen LogP contribution >= 0.6 is 15.9 Å². The fraction of sp³-hybridized carbons (Fsp3) is 0.538. The fourth-order valence-electron chi connectivity index (χ4n) is 2.34. The number of rotatable bonds is 3. The zero-order valence-electron chi connectivity index (χ0n) is 9.68. The van der Waals surface area contributed by atoms with Crippen molar-refractivity contribution in [1.82, 2.24) is 0 Å². The van der Waals surface area contributed by atoms with Crippen LogP contribution in [0.2, 0.25) is 0 Å². The van der Waals surface area contributed by atoms with Gasteiger partial charge < -0.3 is 4.74 Å². The normalized spacial score (nSPS) is 28.6. The van der Waals surface area contributed by atoms with E-state index in [1.165, 1.54) is 0 Å². The Kier molecular flexibility index (Phi) is 3.83. The van der Waals surface area contributed by atoms with Gasteiger partial charge in [0.2, 0.25) is 0 Å². The molecule has 0 aliphatic carbocycles. The van der Waals surface area contributed by atoms with Crippen LogP contribution in [0.4, 0.5) is 8.78 Å². The van der Waals surface area contributed by atoms with Gasteiger partial charge in [-0.2, -0.15) is 0 Å². The van der Waals surface area contributed by atoms with Crippen molar-refractivity contribution >= 4 is 15.9 Å². The zero-order chi connectivity index (χ0) is 12.5. The summed E-state index contributed by atoms with van der Waals surface area (Å²) in [7, 11) is 0. The van der Waals surface area contributed by atoms with E-state index in [1.807, 2.05) is 6.92 Å². The Morgan fingerprint density at radius 3 is 2.82 bits per heavy atom. The Hall–Kier alpha value is -0.480. The second-order valence-corrected chi connectivity index (χ2v) is 5.21. The van der Waals surface area contributed by atoms with E-state index in [0.29, 0.717) is 18.6 Å². The molecule has 94 valence electrons. The van der Waals surface area contributed by atoms with Gasteiger partial charge in [0.15, 0.2) is 11.6 Å². The first-order valence-electron chi connectivity index (χ1n) is 5.69. The third-order valence-electron chi connectivity index (χ3n) is 3.67. The third-order valence-corrected chi connectivity index (χ3v) is 4.79. The summed E-state index contributed by atoms with van der Waals surface area (Å²) in [4.78, 5) is 0. The van der Waals surface area contributed by atoms with E-state index < -0.39 is 11.6 Å². The van der Waals surface area contributed by atoms with Gasteiger partial charge in [-0.3, -0.25) is 0 Å². The lowest BCUT2D eigenvalue weighted by molar-refractivity contribution is 0.0742. The number of halogens is 3. The summed E-state index contributed by atoms with van der Waals surface area (Å²) in [5, 5.41) is 0.733. The first-order chi connectivity index (χ1) is 8.09. The Morgan fingerprint density at radius 2 is 2.24 bits per heavy atom. The lowest BCUT2D eigenvalue weighted by Crippen LogP contribution is -2.33. The molecule has 0 bridgehead atoms. The molecule has 0 amide bonds. The van der Waals surface area contributed by atoms with Gasteiger partial charge in [-0.15, -0.1) is 0 Å². The average Bonchev–Trinajstić information content (AvgIpc) is 2.67. The summed E-state index contributed by atoms with van der Waals surface area (Å²) in [5.41, 5.74) is 0.302. The number of ether oxygens (including phenoxy) is 1. The highest BCUT2D eigenvalue weighted by Crippen LogP contribution is 2.40. The minimum atomic E-state index is -0.779. The maximum atomic E-state index is 13.7. The molecule has 0 radical (unpaired) electrons. The number of benzene rings is 1. The van der Waals surface area contributed by atoms with Crippen molar-refractivity contribution in [3.05, 3.63) is 35.4 Å². The predicted octanol–water partition coefficient (Wildman–Crippen LogP) is 3.70. The fourth-order valence-corrected chi connectivity index (χ4v) is 3.27. The molecule has 4 heteroatoms. The van der Waals surface area contributed by atoms with Gasteiger partial charge >= 0.3 is 0 Å². The molecule has 2 unspecified atom stereocenters. The first kappa shape index (κ1) is 13.0. The predicted molar refractivity (Wildman–Crippen MR) is 66.3 cm³/mol. The molecule has 1 aromatic rings. The monoisotopic (exact) mass is 304 g/mol. The Morgan fingerprint density at radius 1 is 1.47 bits per heavy atom. The summed E-state index contributed by atoms with van der Waals surface area (Å²) in [6.07, 6.45) is 1.43. The van der Waals surface area contributed by atoms with Crippen LogP contribution in [-0.4, -0.2) is 18.0 Å². The molecular formula is C13H15BrF2O. The molecular weight excluding hydrogens is 290 g/mol. The van der Waals surface area contributed by atoms with Crippen LogP contribution in [0.5, 0.6) is 0 Å². The van der Waals surface area contributed by atoms with Gasteiger partial charge in [-0.1, -0.05) is 28.1 Å². The number of hydrogen-bond donors (Lipinski definition) is 0. The summed E-state index contributed by atoms with van der Waals surface area (Å²) >= 11 is 3.48. The summed E-state index contributed by atoms with van der Waals surface area (Å²) in [6.45, 7) is 2.68. The second kappa shape index (κ2) is 5.02. The van der Waals surface area contributed by atoms with Crippen LogP contribution in [-0.2, 0) is 11.2 Å². The molecule has 1 aromatic carbocycles. The van der Waals surface area contributed by atoms with E-state index >= 15 is 0 Å². The molecule has 17 heavy (non-hydrogen) atoms. The summed E-state index contributed by atoms with van der Waals surface area (Å²) in [5.74, 6) is -1.51. The molecule has 0 saturated carbocycles. The molecule has 0 spiro atoms. The van der Waals surface area contributed by atoms with Crippen LogP contribution in [0, 0.1) is 17.0 Å². The molecule has 2 rings (SSSR count). The van der Waals surface area contributed by atoms with E-state index in [-0.39, 0.29) is 11.5 Å². The van der Waals surface area contributed by atoms with Gasteiger partial charge in [-0.25, -0.2) is 8.78 Å². The average molecular weight is 305 g/mol. The lowest BCUT2D eigenvalue weighted by atomic mass is 9.78. The Bertz CT molecular complexity index is 410. The van der Waals surface area contributed by atoms with Crippen LogP contribution in [0.25, 0.3) is 0 Å². The number of hydrogen-bond acceptors (Lipinski definition) is 1. The van der Waals surface area contributed by atoms with Gasteiger partial charge in [0.25, 0.3) is 0 Å². The molecule has 2 atom stereocenters. The van der Waals surface area contributed by atoms with Crippen molar-refractivity contribution in [2.75, 3.05) is 11.9 Å². The van der Waals surface area contributed by atoms with E-state index in [0.717, 1.165) is 17.8 Å². The van der Waals surface area contributed by atoms with Crippen molar-refractivity contribution in [2.24, 2.45) is 5.41 Å². The van der Waals surface area contributed by atoms with Crippen molar-refractivity contribution in [3.8, 4) is 0 Å². The molecule has 1 aliphatic heterocycles. The molecule has 0 N–H and O–H groups in total. The van der Waals surface area contributed by atoms with Crippen LogP contribution < -0.4 is 0 Å². The minimum absolute atomic E-state index is 0.0598. The van der Waals surface area contributed by atoms with Crippen LogP contribution in [0.3, 0.4) is 0 Å². The van der Waals surface area contributed by atoms with Gasteiger partial charge in [0.05, 0.1) is 6.10 Å². The maximum absolute atomic E-state index is 13.7. The Balaban J connectivity index is 2.27. The number of alkyl halides is 1. The molecule has 1 saturated heterocycles. The highest BCUT2D eigenvalue weighted by Gasteiger charge is 2.41. The second-order valence-electron chi connectivity index (χ2n) is 4.65. The van der Waals surface area contributed by atoms with E-state index in [2.05, 4.69) is 15.9 Å². The first-order valence-corrected chi connectivity index (χ1v) is 6.82. The van der Waals surface area contributed by atoms with E-state index in [9.17, 15) is 8.78 Å². The van der Waals surface area contributed by atoms with Crippen molar-refractivity contribution in [3.63, 3.8) is 0 Å². The zero-order valence-corrected chi connectivity index (χ0v) is 11.3. The quantitative estimate of drug-likeness (QED) is 0.774. The smallest absolute Gasteiger partial charge is 0.162 e. The maximum Gasteiger partial charge on any atom is 0.162 e. The standard InChI is InChI=1S/C13H15BrF2O/c1-9-13(8-14,5-6-17-9)7-10-3-2-4-11(15)12(10)16/h2-4,9H,5-8H2,1H3. The van der Waals surface area contributed by atoms with E-state index in [1.54, 1.807) is 12.1 Å². The largest absolute Gasteiger partial charge is 0.378 e. The van der Waals surface area contributed by atoms with Crippen molar-refractivity contribution in [1.29, 1.82) is 0 Å².